The Labute approximate surface area is 141 Å². The maximum absolute atomic E-state index is 12.2. The fourth-order valence-electron chi connectivity index (χ4n) is 2.56. The summed E-state index contributed by atoms with van der Waals surface area (Å²) in [5, 5.41) is 1.06. The van der Waals surface area contributed by atoms with Gasteiger partial charge in [-0.2, -0.15) is 0 Å². The topological polar surface area (TPSA) is 55.6 Å². The first-order valence-corrected chi connectivity index (χ1v) is 8.25. The molecule has 0 bridgehead atoms. The van der Waals surface area contributed by atoms with Gasteiger partial charge in [-0.15, -0.1) is 0 Å². The van der Waals surface area contributed by atoms with Crippen LogP contribution in [0.5, 0.6) is 5.75 Å². The van der Waals surface area contributed by atoms with Crippen molar-refractivity contribution in [3.8, 4) is 5.75 Å². The van der Waals surface area contributed by atoms with Crippen LogP contribution in [-0.4, -0.2) is 37.0 Å². The molecule has 0 radical (unpaired) electrons. The first-order chi connectivity index (χ1) is 10.4. The van der Waals surface area contributed by atoms with Crippen LogP contribution < -0.4 is 10.5 Å². The summed E-state index contributed by atoms with van der Waals surface area (Å²) >= 11 is 11.9. The van der Waals surface area contributed by atoms with Gasteiger partial charge in [0.1, 0.15) is 5.75 Å². The molecule has 0 aliphatic carbocycles. The monoisotopic (exact) mass is 344 g/mol. The van der Waals surface area contributed by atoms with Gasteiger partial charge in [-0.05, 0) is 43.0 Å². The maximum Gasteiger partial charge on any atom is 0.222 e. The van der Waals surface area contributed by atoms with E-state index in [0.717, 1.165) is 19.5 Å². The minimum Gasteiger partial charge on any atom is -0.492 e. The molecule has 1 unspecified atom stereocenters. The van der Waals surface area contributed by atoms with Gasteiger partial charge in [-0.3, -0.25) is 4.79 Å². The molecular formula is C16H22Cl2N2O2. The van der Waals surface area contributed by atoms with E-state index < -0.39 is 0 Å². The van der Waals surface area contributed by atoms with E-state index in [9.17, 15) is 4.79 Å². The lowest BCUT2D eigenvalue weighted by molar-refractivity contribution is -0.130. The third-order valence-electron chi connectivity index (χ3n) is 4.09. The highest BCUT2D eigenvalue weighted by Crippen LogP contribution is 2.29. The fourth-order valence-corrected chi connectivity index (χ4v) is 3.02. The predicted molar refractivity (Wildman–Crippen MR) is 89.5 cm³/mol. The number of carbonyl (C=O) groups excluding carboxylic acids is 1. The van der Waals surface area contributed by atoms with Crippen molar-refractivity contribution in [2.75, 3.05) is 26.2 Å². The highest BCUT2D eigenvalue weighted by molar-refractivity contribution is 6.35. The van der Waals surface area contributed by atoms with Crippen LogP contribution in [0.15, 0.2) is 18.2 Å². The number of rotatable bonds is 6. The quantitative estimate of drug-likeness (QED) is 0.805. The van der Waals surface area contributed by atoms with Gasteiger partial charge in [0.05, 0.1) is 11.6 Å². The van der Waals surface area contributed by atoms with Gasteiger partial charge < -0.3 is 15.4 Å². The Bertz CT molecular complexity index is 539. The highest BCUT2D eigenvalue weighted by atomic mass is 35.5. The Balaban J connectivity index is 1.72. The molecule has 0 spiro atoms. The van der Waals surface area contributed by atoms with Crippen LogP contribution in [0, 0.1) is 5.41 Å². The molecule has 1 aromatic carbocycles. The molecule has 0 aromatic heterocycles. The molecule has 1 aromatic rings. The second-order valence-electron chi connectivity index (χ2n) is 6.11. The van der Waals surface area contributed by atoms with Crippen molar-refractivity contribution in [1.29, 1.82) is 0 Å². The standard InChI is InChI=1S/C16H22Cl2N2O2/c1-16(10-19)6-7-20(11-16)15(21)3-2-8-22-14-5-4-12(17)9-13(14)18/h4-5,9H,2-3,6-8,10-11,19H2,1H3. The number of amides is 1. The van der Waals surface area contributed by atoms with Crippen molar-refractivity contribution in [3.05, 3.63) is 28.2 Å². The fraction of sp³-hybridized carbons (Fsp3) is 0.562. The summed E-state index contributed by atoms with van der Waals surface area (Å²) in [5.74, 6) is 0.762. The molecule has 0 saturated carbocycles. The van der Waals surface area contributed by atoms with Crippen LogP contribution in [-0.2, 0) is 4.79 Å². The van der Waals surface area contributed by atoms with Crippen molar-refractivity contribution in [3.63, 3.8) is 0 Å². The summed E-state index contributed by atoms with van der Waals surface area (Å²) in [6, 6.07) is 5.10. The van der Waals surface area contributed by atoms with Crippen LogP contribution in [0.25, 0.3) is 0 Å². The molecular weight excluding hydrogens is 323 g/mol. The normalized spacial score (nSPS) is 21.2. The lowest BCUT2D eigenvalue weighted by Gasteiger charge is -2.22. The largest absolute Gasteiger partial charge is 0.492 e. The predicted octanol–water partition coefficient (Wildman–Crippen LogP) is 3.35. The van der Waals surface area contributed by atoms with E-state index in [4.69, 9.17) is 33.7 Å². The second-order valence-corrected chi connectivity index (χ2v) is 6.95. The number of ether oxygens (including phenoxy) is 1. The summed E-state index contributed by atoms with van der Waals surface area (Å²) in [7, 11) is 0. The minimum absolute atomic E-state index is 0.0724. The summed E-state index contributed by atoms with van der Waals surface area (Å²) in [6.45, 7) is 4.76. The number of hydrogen-bond donors (Lipinski definition) is 1. The lowest BCUT2D eigenvalue weighted by Crippen LogP contribution is -2.34. The van der Waals surface area contributed by atoms with Gasteiger partial charge in [0.2, 0.25) is 5.91 Å². The van der Waals surface area contributed by atoms with E-state index in [1.807, 2.05) is 4.90 Å². The molecule has 2 N–H and O–H groups in total. The highest BCUT2D eigenvalue weighted by Gasteiger charge is 2.34. The maximum atomic E-state index is 12.2. The van der Waals surface area contributed by atoms with Crippen LogP contribution in [0.3, 0.4) is 0 Å². The Morgan fingerprint density at radius 3 is 2.86 bits per heavy atom. The third kappa shape index (κ3) is 4.51. The lowest BCUT2D eigenvalue weighted by atomic mass is 9.90. The zero-order chi connectivity index (χ0) is 16.2. The van der Waals surface area contributed by atoms with E-state index in [1.54, 1.807) is 18.2 Å². The van der Waals surface area contributed by atoms with Gasteiger partial charge in [0, 0.05) is 24.5 Å². The Morgan fingerprint density at radius 2 is 2.23 bits per heavy atom. The molecule has 1 fully saturated rings. The Morgan fingerprint density at radius 1 is 1.45 bits per heavy atom. The molecule has 1 heterocycles. The molecule has 1 atom stereocenters. The van der Waals surface area contributed by atoms with Crippen LogP contribution in [0.1, 0.15) is 26.2 Å². The third-order valence-corrected chi connectivity index (χ3v) is 4.62. The molecule has 122 valence electrons. The number of hydrogen-bond acceptors (Lipinski definition) is 3. The Hall–Kier alpha value is -0.970. The van der Waals surface area contributed by atoms with Gasteiger partial charge in [0.15, 0.2) is 0 Å². The van der Waals surface area contributed by atoms with E-state index in [1.165, 1.54) is 0 Å². The van der Waals surface area contributed by atoms with E-state index in [2.05, 4.69) is 6.92 Å². The van der Waals surface area contributed by atoms with Crippen molar-refractivity contribution >= 4 is 29.1 Å². The number of nitrogens with two attached hydrogens (primary N) is 1. The first kappa shape index (κ1) is 17.4. The average molecular weight is 345 g/mol. The SMILES string of the molecule is CC1(CN)CCN(C(=O)CCCOc2ccc(Cl)cc2Cl)C1. The summed E-state index contributed by atoms with van der Waals surface area (Å²) in [6.07, 6.45) is 2.12. The Kier molecular flexibility index (Phi) is 5.95. The van der Waals surface area contributed by atoms with Gasteiger partial charge in [-0.25, -0.2) is 0 Å². The molecule has 1 aliphatic heterocycles. The number of halogens is 2. The number of benzene rings is 1. The number of likely N-dealkylation sites (tertiary alicyclic amines) is 1. The summed E-state index contributed by atoms with van der Waals surface area (Å²) in [5.41, 5.74) is 5.83. The van der Waals surface area contributed by atoms with Gasteiger partial charge >= 0.3 is 0 Å². The number of carbonyl (C=O) groups is 1. The van der Waals surface area contributed by atoms with Crippen molar-refractivity contribution < 1.29 is 9.53 Å². The zero-order valence-electron chi connectivity index (χ0n) is 12.8. The molecule has 1 amide bonds. The summed E-state index contributed by atoms with van der Waals surface area (Å²) in [4.78, 5) is 14.1. The smallest absolute Gasteiger partial charge is 0.222 e. The molecule has 1 aliphatic rings. The molecule has 2 rings (SSSR count). The van der Waals surface area contributed by atoms with E-state index in [-0.39, 0.29) is 11.3 Å². The molecule has 4 nitrogen and oxygen atoms in total. The van der Waals surface area contributed by atoms with Crippen molar-refractivity contribution in [2.45, 2.75) is 26.2 Å². The number of nitrogens with zero attached hydrogens (tertiary/aromatic N) is 1. The molecule has 6 heteroatoms. The molecule has 22 heavy (non-hydrogen) atoms. The summed E-state index contributed by atoms with van der Waals surface area (Å²) < 4.78 is 5.59. The zero-order valence-corrected chi connectivity index (χ0v) is 14.3. The average Bonchev–Trinajstić information content (AvgIpc) is 2.88. The van der Waals surface area contributed by atoms with Gasteiger partial charge in [0.25, 0.3) is 0 Å². The van der Waals surface area contributed by atoms with Crippen LogP contribution in [0.4, 0.5) is 0 Å². The van der Waals surface area contributed by atoms with E-state index >= 15 is 0 Å². The van der Waals surface area contributed by atoms with E-state index in [0.29, 0.717) is 41.8 Å². The second kappa shape index (κ2) is 7.53. The minimum atomic E-state index is 0.0724. The first-order valence-electron chi connectivity index (χ1n) is 7.49. The van der Waals surface area contributed by atoms with Crippen LogP contribution in [0.2, 0.25) is 10.0 Å². The van der Waals surface area contributed by atoms with Gasteiger partial charge in [-0.1, -0.05) is 30.1 Å². The van der Waals surface area contributed by atoms with Crippen molar-refractivity contribution in [2.24, 2.45) is 11.1 Å². The molecule has 1 saturated heterocycles. The van der Waals surface area contributed by atoms with Crippen molar-refractivity contribution in [1.82, 2.24) is 4.90 Å². The van der Waals surface area contributed by atoms with Crippen LogP contribution >= 0.6 is 23.2 Å².